The first kappa shape index (κ1) is 18.2. The van der Waals surface area contributed by atoms with Gasteiger partial charge in [-0.05, 0) is 69.2 Å². The summed E-state index contributed by atoms with van der Waals surface area (Å²) in [7, 11) is 0. The normalized spacial score (nSPS) is 20.7. The number of thiazole rings is 1. The van der Waals surface area contributed by atoms with Crippen molar-refractivity contribution in [3.63, 3.8) is 0 Å². The van der Waals surface area contributed by atoms with Crippen molar-refractivity contribution in [3.8, 4) is 10.4 Å². The van der Waals surface area contributed by atoms with E-state index in [4.69, 9.17) is 0 Å². The van der Waals surface area contributed by atoms with Gasteiger partial charge in [-0.2, -0.15) is 0 Å². The van der Waals surface area contributed by atoms with Crippen LogP contribution in [0.2, 0.25) is 0 Å². The highest BCUT2D eigenvalue weighted by atomic mass is 32.1. The Morgan fingerprint density at radius 3 is 2.74 bits per heavy atom. The van der Waals surface area contributed by atoms with Gasteiger partial charge in [-0.1, -0.05) is 0 Å². The first-order valence-electron chi connectivity index (χ1n) is 9.45. The molecule has 2 aromatic heterocycles. The summed E-state index contributed by atoms with van der Waals surface area (Å²) >= 11 is 1.57. The molecule has 1 aliphatic carbocycles. The highest BCUT2D eigenvalue weighted by Crippen LogP contribution is 2.33. The number of nitrogens with one attached hydrogen (secondary N) is 2. The lowest BCUT2D eigenvalue weighted by Crippen LogP contribution is -2.41. The second-order valence-electron chi connectivity index (χ2n) is 8.00. The number of carbonyl (C=O) groups is 1. The van der Waals surface area contributed by atoms with Crippen molar-refractivity contribution in [3.05, 3.63) is 41.7 Å². The lowest BCUT2D eigenvalue weighted by Gasteiger charge is -2.36. The van der Waals surface area contributed by atoms with E-state index < -0.39 is 5.60 Å². The third-order valence-electron chi connectivity index (χ3n) is 5.69. The third kappa shape index (κ3) is 3.77. The van der Waals surface area contributed by atoms with Crippen molar-refractivity contribution in [2.45, 2.75) is 51.2 Å². The molecule has 27 heavy (non-hydrogen) atoms. The molecule has 0 unspecified atom stereocenters. The summed E-state index contributed by atoms with van der Waals surface area (Å²) in [5.41, 5.74) is 3.81. The van der Waals surface area contributed by atoms with Crippen LogP contribution in [0, 0.1) is 5.92 Å². The van der Waals surface area contributed by atoms with E-state index in [2.05, 4.69) is 21.4 Å². The standard InChI is InChI=1S/C21H25N3O2S/c1-21(2,26)14-3-5-15(6-4-14)24-20(25)17-9-13(19-11-22-12-27-19)10-18-16(17)7-8-23-18/h7-12,14-15,23,26H,3-6H2,1-2H3,(H,24,25)/t14-,15-. The number of rotatable bonds is 4. The molecule has 5 nitrogen and oxygen atoms in total. The molecule has 1 aromatic carbocycles. The van der Waals surface area contributed by atoms with Crippen molar-refractivity contribution in [2.75, 3.05) is 0 Å². The molecule has 3 N–H and O–H groups in total. The fourth-order valence-corrected chi connectivity index (χ4v) is 4.67. The van der Waals surface area contributed by atoms with Gasteiger partial charge in [0, 0.05) is 34.9 Å². The van der Waals surface area contributed by atoms with E-state index in [0.717, 1.165) is 47.0 Å². The summed E-state index contributed by atoms with van der Waals surface area (Å²) in [5, 5.41) is 14.4. The summed E-state index contributed by atoms with van der Waals surface area (Å²) in [6.45, 7) is 3.76. The number of nitrogens with zero attached hydrogens (tertiary/aromatic N) is 1. The van der Waals surface area contributed by atoms with E-state index in [9.17, 15) is 9.90 Å². The number of carbonyl (C=O) groups excluding carboxylic acids is 1. The summed E-state index contributed by atoms with van der Waals surface area (Å²) in [5.74, 6) is 0.273. The Labute approximate surface area is 162 Å². The Kier molecular flexibility index (Phi) is 4.78. The van der Waals surface area contributed by atoms with E-state index >= 15 is 0 Å². The first-order valence-corrected chi connectivity index (χ1v) is 10.3. The van der Waals surface area contributed by atoms with Gasteiger partial charge in [-0.3, -0.25) is 9.78 Å². The Morgan fingerprint density at radius 1 is 1.30 bits per heavy atom. The highest BCUT2D eigenvalue weighted by Gasteiger charge is 2.32. The summed E-state index contributed by atoms with van der Waals surface area (Å²) in [4.78, 5) is 21.5. The Hall–Kier alpha value is -2.18. The number of hydrogen-bond donors (Lipinski definition) is 3. The largest absolute Gasteiger partial charge is 0.390 e. The van der Waals surface area contributed by atoms with Crippen LogP contribution < -0.4 is 5.32 Å². The number of hydrogen-bond acceptors (Lipinski definition) is 4. The number of amides is 1. The number of H-pyrrole nitrogens is 1. The van der Waals surface area contributed by atoms with Gasteiger partial charge in [-0.15, -0.1) is 11.3 Å². The minimum atomic E-state index is -0.644. The maximum absolute atomic E-state index is 13.0. The second kappa shape index (κ2) is 7.09. The van der Waals surface area contributed by atoms with Crippen LogP contribution >= 0.6 is 11.3 Å². The van der Waals surface area contributed by atoms with Gasteiger partial charge in [0.15, 0.2) is 0 Å². The maximum atomic E-state index is 13.0. The van der Waals surface area contributed by atoms with Crippen molar-refractivity contribution in [1.29, 1.82) is 0 Å². The van der Waals surface area contributed by atoms with Crippen LogP contribution in [0.5, 0.6) is 0 Å². The van der Waals surface area contributed by atoms with Gasteiger partial charge in [0.25, 0.3) is 5.91 Å². The molecule has 2 heterocycles. The molecule has 0 aliphatic heterocycles. The molecule has 0 atom stereocenters. The molecule has 3 aromatic rings. The topological polar surface area (TPSA) is 78.0 Å². The summed E-state index contributed by atoms with van der Waals surface area (Å²) < 4.78 is 0. The van der Waals surface area contributed by atoms with E-state index in [-0.39, 0.29) is 11.9 Å². The van der Waals surface area contributed by atoms with Crippen LogP contribution in [-0.2, 0) is 0 Å². The SMILES string of the molecule is CC(C)(O)[C@H]1CC[C@H](NC(=O)c2cc(-c3cncs3)cc3[nH]ccc23)CC1. The van der Waals surface area contributed by atoms with E-state index in [1.165, 1.54) is 0 Å². The van der Waals surface area contributed by atoms with Crippen LogP contribution in [0.25, 0.3) is 21.3 Å². The molecule has 6 heteroatoms. The summed E-state index contributed by atoms with van der Waals surface area (Å²) in [6, 6.07) is 6.14. The van der Waals surface area contributed by atoms with Gasteiger partial charge in [0.2, 0.25) is 0 Å². The Morgan fingerprint density at radius 2 is 2.07 bits per heavy atom. The van der Waals surface area contributed by atoms with Crippen molar-refractivity contribution < 1.29 is 9.90 Å². The molecule has 142 valence electrons. The zero-order valence-corrected chi connectivity index (χ0v) is 16.5. The third-order valence-corrected chi connectivity index (χ3v) is 6.51. The highest BCUT2D eigenvalue weighted by molar-refractivity contribution is 7.13. The van der Waals surface area contributed by atoms with Crippen LogP contribution in [0.15, 0.2) is 36.1 Å². The van der Waals surface area contributed by atoms with Crippen LogP contribution in [0.3, 0.4) is 0 Å². The molecule has 1 amide bonds. The van der Waals surface area contributed by atoms with Crippen LogP contribution in [0.4, 0.5) is 0 Å². The second-order valence-corrected chi connectivity index (χ2v) is 8.89. The number of aromatic nitrogens is 2. The zero-order chi connectivity index (χ0) is 19.0. The van der Waals surface area contributed by atoms with E-state index in [1.54, 1.807) is 16.8 Å². The van der Waals surface area contributed by atoms with Crippen LogP contribution in [-0.4, -0.2) is 32.6 Å². The average molecular weight is 384 g/mol. The molecular weight excluding hydrogens is 358 g/mol. The van der Waals surface area contributed by atoms with Gasteiger partial charge in [0.1, 0.15) is 0 Å². The predicted octanol–water partition coefficient (Wildman–Crippen LogP) is 4.35. The molecule has 1 aliphatic rings. The smallest absolute Gasteiger partial charge is 0.252 e. The number of aliphatic hydroxyl groups is 1. The van der Waals surface area contributed by atoms with Crippen molar-refractivity contribution in [1.82, 2.24) is 15.3 Å². The molecule has 0 bridgehead atoms. The number of benzene rings is 1. The Balaban J connectivity index is 1.54. The predicted molar refractivity (Wildman–Crippen MR) is 109 cm³/mol. The van der Waals surface area contributed by atoms with Crippen molar-refractivity contribution >= 4 is 28.1 Å². The molecule has 4 rings (SSSR count). The molecule has 0 radical (unpaired) electrons. The molecule has 1 saturated carbocycles. The molecule has 1 fully saturated rings. The number of fused-ring (bicyclic) bond motifs is 1. The van der Waals surface area contributed by atoms with E-state index in [1.807, 2.05) is 38.4 Å². The lowest BCUT2D eigenvalue weighted by molar-refractivity contribution is -0.00257. The maximum Gasteiger partial charge on any atom is 0.252 e. The molecular formula is C21H25N3O2S. The fraction of sp³-hybridized carbons (Fsp3) is 0.429. The first-order chi connectivity index (χ1) is 12.9. The minimum absolute atomic E-state index is 0.0299. The zero-order valence-electron chi connectivity index (χ0n) is 15.7. The van der Waals surface area contributed by atoms with E-state index in [0.29, 0.717) is 11.5 Å². The summed E-state index contributed by atoms with van der Waals surface area (Å²) in [6.07, 6.45) is 7.39. The van der Waals surface area contributed by atoms with Gasteiger partial charge < -0.3 is 15.4 Å². The molecule has 0 spiro atoms. The van der Waals surface area contributed by atoms with Crippen LogP contribution in [0.1, 0.15) is 49.9 Å². The monoisotopic (exact) mass is 383 g/mol. The molecule has 0 saturated heterocycles. The minimum Gasteiger partial charge on any atom is -0.390 e. The quantitative estimate of drug-likeness (QED) is 0.627. The Bertz CT molecular complexity index is 932. The van der Waals surface area contributed by atoms with Gasteiger partial charge >= 0.3 is 0 Å². The van der Waals surface area contributed by atoms with Crippen molar-refractivity contribution in [2.24, 2.45) is 5.92 Å². The number of aromatic amines is 1. The fourth-order valence-electron chi connectivity index (χ4n) is 4.06. The lowest BCUT2D eigenvalue weighted by atomic mass is 9.77. The van der Waals surface area contributed by atoms with Gasteiger partial charge in [-0.25, -0.2) is 0 Å². The van der Waals surface area contributed by atoms with Gasteiger partial charge in [0.05, 0.1) is 16.0 Å². The average Bonchev–Trinajstić information content (AvgIpc) is 3.32.